The van der Waals surface area contributed by atoms with Crippen molar-refractivity contribution in [2.45, 2.75) is 71.4 Å². The Morgan fingerprint density at radius 1 is 0.939 bits per heavy atom. The van der Waals surface area contributed by atoms with Gasteiger partial charge < -0.3 is 24.7 Å². The highest BCUT2D eigenvalue weighted by molar-refractivity contribution is 5.97. The van der Waals surface area contributed by atoms with E-state index in [1.807, 2.05) is 38.2 Å². The Labute approximate surface area is 290 Å². The van der Waals surface area contributed by atoms with Crippen LogP contribution in [-0.4, -0.2) is 88.4 Å². The maximum atomic E-state index is 12.3. The molecule has 0 saturated carbocycles. The van der Waals surface area contributed by atoms with Crippen molar-refractivity contribution >= 4 is 45.3 Å². The molecule has 0 spiro atoms. The van der Waals surface area contributed by atoms with Crippen LogP contribution in [0.2, 0.25) is 0 Å². The molecule has 0 saturated heterocycles. The van der Waals surface area contributed by atoms with Gasteiger partial charge in [0.25, 0.3) is 0 Å². The minimum absolute atomic E-state index is 0.0155. The molecular formula is C40H52N6O3. The second kappa shape index (κ2) is 15.1. The Morgan fingerprint density at radius 3 is 2.29 bits per heavy atom. The number of aromatic nitrogens is 4. The molecule has 49 heavy (non-hydrogen) atoms. The van der Waals surface area contributed by atoms with E-state index in [1.165, 1.54) is 7.11 Å². The molecule has 8 bridgehead atoms. The average Bonchev–Trinajstić information content (AvgIpc) is 3.73. The van der Waals surface area contributed by atoms with Gasteiger partial charge in [0.2, 0.25) is 0 Å². The Kier molecular flexibility index (Phi) is 11.1. The quantitative estimate of drug-likeness (QED) is 0.138. The summed E-state index contributed by atoms with van der Waals surface area (Å²) in [5.74, 6) is -0.140. The number of aliphatic hydroxyl groups is 1. The number of carbonyl (C=O) groups is 1. The Bertz CT molecular complexity index is 1950. The van der Waals surface area contributed by atoms with E-state index in [0.717, 1.165) is 91.3 Å². The maximum Gasteiger partial charge on any atom is 0.305 e. The summed E-state index contributed by atoms with van der Waals surface area (Å²) >= 11 is 0. The van der Waals surface area contributed by atoms with Gasteiger partial charge in [-0.05, 0) is 108 Å². The molecule has 9 nitrogen and oxygen atoms in total. The van der Waals surface area contributed by atoms with Crippen molar-refractivity contribution < 1.29 is 14.6 Å². The number of nitrogens with zero attached hydrogens (tertiary/aromatic N) is 4. The van der Waals surface area contributed by atoms with Gasteiger partial charge in [-0.1, -0.05) is 32.2 Å². The highest BCUT2D eigenvalue weighted by atomic mass is 16.5. The number of hydrogen-bond acceptors (Lipinski definition) is 7. The van der Waals surface area contributed by atoms with Gasteiger partial charge in [-0.25, -0.2) is 4.98 Å². The molecule has 0 aliphatic carbocycles. The predicted molar refractivity (Wildman–Crippen MR) is 201 cm³/mol. The smallest absolute Gasteiger partial charge is 0.305 e. The third-order valence-electron chi connectivity index (χ3n) is 10.3. The molecule has 5 rings (SSSR count). The Hall–Kier alpha value is -4.31. The maximum absolute atomic E-state index is 12.3. The summed E-state index contributed by atoms with van der Waals surface area (Å²) in [6, 6.07) is 8.46. The number of rotatable bonds is 12. The lowest BCUT2D eigenvalue weighted by Crippen LogP contribution is -2.36. The number of H-pyrrole nitrogens is 2. The first-order valence-corrected chi connectivity index (χ1v) is 17.2. The standard InChI is InChI=1S/C40H52N6O3/c1-11-27-23(3)31-19-32-26(6)30(14-16-40(48)49-10)38(43-32)22-37-29(13-15-39(47)46(9)18-17-45(7)8)25(5)34(44-37)21-36-28(12-2)24(4)33(42-36)20-35(27)41-31/h11-12,19-22,26,30,39,41,44,47H,1-2,13-18H2,3-10H3. The Balaban J connectivity index is 1.77. The fourth-order valence-corrected chi connectivity index (χ4v) is 7.00. The average molecular weight is 665 g/mol. The van der Waals surface area contributed by atoms with Crippen LogP contribution in [0.3, 0.4) is 0 Å². The van der Waals surface area contributed by atoms with Crippen molar-refractivity contribution in [3.63, 3.8) is 0 Å². The molecule has 3 unspecified atom stereocenters. The fraction of sp³-hybridized carbons (Fsp3) is 0.425. The van der Waals surface area contributed by atoms with E-state index < -0.39 is 6.23 Å². The first-order valence-electron chi connectivity index (χ1n) is 17.2. The lowest BCUT2D eigenvalue weighted by molar-refractivity contribution is -0.140. The number of fused-ring (bicyclic) bond motifs is 8. The number of hydrogen-bond donors (Lipinski definition) is 3. The third-order valence-corrected chi connectivity index (χ3v) is 10.3. The number of aromatic amines is 2. The van der Waals surface area contributed by atoms with E-state index in [-0.39, 0.29) is 17.8 Å². The van der Waals surface area contributed by atoms with Crippen LogP contribution in [0.25, 0.3) is 39.3 Å². The molecule has 5 heterocycles. The molecule has 0 amide bonds. The molecule has 2 aliphatic heterocycles. The van der Waals surface area contributed by atoms with Gasteiger partial charge in [-0.15, -0.1) is 0 Å². The summed E-state index contributed by atoms with van der Waals surface area (Å²) in [6.07, 6.45) is 5.35. The number of esters is 1. The minimum atomic E-state index is -0.582. The van der Waals surface area contributed by atoms with Crippen molar-refractivity contribution in [2.75, 3.05) is 41.3 Å². The summed E-state index contributed by atoms with van der Waals surface area (Å²) < 4.78 is 5.02. The van der Waals surface area contributed by atoms with Gasteiger partial charge in [-0.2, -0.15) is 0 Å². The molecule has 2 aliphatic rings. The zero-order valence-electron chi connectivity index (χ0n) is 30.4. The predicted octanol–water partition coefficient (Wildman–Crippen LogP) is 7.28. The lowest BCUT2D eigenvalue weighted by atomic mass is 9.87. The number of ether oxygens (including phenoxy) is 1. The molecule has 3 atom stereocenters. The van der Waals surface area contributed by atoms with Gasteiger partial charge in [0, 0.05) is 75.9 Å². The molecule has 9 heteroatoms. The zero-order valence-corrected chi connectivity index (χ0v) is 30.4. The van der Waals surface area contributed by atoms with Crippen LogP contribution >= 0.6 is 0 Å². The van der Waals surface area contributed by atoms with E-state index in [1.54, 1.807) is 0 Å². The number of methoxy groups -OCH3 is 1. The van der Waals surface area contributed by atoms with Crippen LogP contribution in [0.15, 0.2) is 43.5 Å². The number of carbonyl (C=O) groups excluding carboxylic acids is 1. The van der Waals surface area contributed by atoms with E-state index in [4.69, 9.17) is 14.7 Å². The van der Waals surface area contributed by atoms with Crippen molar-refractivity contribution in [3.05, 3.63) is 88.5 Å². The van der Waals surface area contributed by atoms with E-state index >= 15 is 0 Å². The van der Waals surface area contributed by atoms with Crippen LogP contribution in [0, 0.1) is 13.8 Å². The molecular weight excluding hydrogens is 612 g/mol. The van der Waals surface area contributed by atoms with E-state index in [2.05, 4.69) is 80.0 Å². The Morgan fingerprint density at radius 2 is 1.61 bits per heavy atom. The first-order chi connectivity index (χ1) is 23.4. The van der Waals surface area contributed by atoms with Crippen LogP contribution in [0.4, 0.5) is 0 Å². The second-order valence-electron chi connectivity index (χ2n) is 13.7. The topological polar surface area (TPSA) is 110 Å². The summed E-state index contributed by atoms with van der Waals surface area (Å²) in [4.78, 5) is 34.1. The largest absolute Gasteiger partial charge is 0.469 e. The van der Waals surface area contributed by atoms with Crippen LogP contribution in [0.5, 0.6) is 0 Å². The number of aliphatic hydroxyl groups excluding tert-OH is 1. The normalized spacial score (nSPS) is 16.8. The van der Waals surface area contributed by atoms with Crippen LogP contribution in [0.1, 0.15) is 90.0 Å². The monoisotopic (exact) mass is 664 g/mol. The summed E-state index contributed by atoms with van der Waals surface area (Å²) in [5.41, 5.74) is 13.8. The van der Waals surface area contributed by atoms with Gasteiger partial charge >= 0.3 is 5.97 Å². The van der Waals surface area contributed by atoms with Crippen molar-refractivity contribution in [1.82, 2.24) is 29.7 Å². The summed E-state index contributed by atoms with van der Waals surface area (Å²) in [5, 5.41) is 11.1. The molecule has 3 N–H and O–H groups in total. The van der Waals surface area contributed by atoms with Gasteiger partial charge in [0.05, 0.1) is 18.5 Å². The molecule has 3 aromatic rings. The number of nitrogens with one attached hydrogen (secondary N) is 2. The molecule has 0 fully saturated rings. The minimum Gasteiger partial charge on any atom is -0.469 e. The molecule has 0 radical (unpaired) electrons. The highest BCUT2D eigenvalue weighted by Gasteiger charge is 2.30. The van der Waals surface area contributed by atoms with Crippen LogP contribution < -0.4 is 0 Å². The van der Waals surface area contributed by atoms with E-state index in [9.17, 15) is 9.90 Å². The highest BCUT2D eigenvalue weighted by Crippen LogP contribution is 2.41. The first kappa shape index (κ1) is 36.0. The zero-order chi connectivity index (χ0) is 35.6. The van der Waals surface area contributed by atoms with Crippen molar-refractivity contribution in [2.24, 2.45) is 0 Å². The van der Waals surface area contributed by atoms with Crippen LogP contribution in [-0.2, 0) is 16.0 Å². The second-order valence-corrected chi connectivity index (χ2v) is 13.7. The molecule has 3 aromatic heterocycles. The van der Waals surface area contributed by atoms with Crippen molar-refractivity contribution in [1.29, 1.82) is 0 Å². The fourth-order valence-electron chi connectivity index (χ4n) is 7.00. The number of aryl methyl sites for hydroxylation is 3. The van der Waals surface area contributed by atoms with Gasteiger partial charge in [0.1, 0.15) is 6.23 Å². The van der Waals surface area contributed by atoms with Crippen molar-refractivity contribution in [3.8, 4) is 0 Å². The van der Waals surface area contributed by atoms with Gasteiger partial charge in [0.15, 0.2) is 0 Å². The molecule has 0 aromatic carbocycles. The summed E-state index contributed by atoms with van der Waals surface area (Å²) in [7, 11) is 7.47. The third kappa shape index (κ3) is 7.49. The number of likely N-dealkylation sites (N-methyl/N-ethyl adjacent to an activating group) is 2. The molecule has 260 valence electrons. The number of allylic oxidation sites excluding steroid dienone is 3. The van der Waals surface area contributed by atoms with E-state index in [0.29, 0.717) is 25.7 Å². The SMILES string of the molecule is C=CC1=C(C)c2cc3[nH]c(cc4nc(cc5[nH]c(cc1n2)c(C)c5CCC(O)N(C)CCN(C)C)C(CCC(=O)OC)C4C)c(C)c3C=C. The lowest BCUT2D eigenvalue weighted by Gasteiger charge is -2.25. The summed E-state index contributed by atoms with van der Waals surface area (Å²) in [6.45, 7) is 18.4. The van der Waals surface area contributed by atoms with Gasteiger partial charge in [-0.3, -0.25) is 14.7 Å².